The third-order valence-electron chi connectivity index (χ3n) is 4.07. The highest BCUT2D eigenvalue weighted by Gasteiger charge is 2.39. The predicted octanol–water partition coefficient (Wildman–Crippen LogP) is 2.41. The zero-order valence-electron chi connectivity index (χ0n) is 11.4. The summed E-state index contributed by atoms with van der Waals surface area (Å²) in [6, 6.07) is 1.73. The lowest BCUT2D eigenvalue weighted by molar-refractivity contribution is -0.157. The van der Waals surface area contributed by atoms with Crippen LogP contribution in [0.25, 0.3) is 0 Å². The van der Waals surface area contributed by atoms with E-state index in [2.05, 4.69) is 5.32 Å². The van der Waals surface area contributed by atoms with Crippen molar-refractivity contribution < 1.29 is 22.4 Å². The van der Waals surface area contributed by atoms with Gasteiger partial charge >= 0.3 is 6.18 Å². The number of halogens is 3. The van der Waals surface area contributed by atoms with Crippen LogP contribution in [0.5, 0.6) is 0 Å². The van der Waals surface area contributed by atoms with Crippen molar-refractivity contribution in [3.8, 4) is 0 Å². The Morgan fingerprint density at radius 2 is 2.24 bits per heavy atom. The molecule has 1 aromatic rings. The summed E-state index contributed by atoms with van der Waals surface area (Å²) < 4.78 is 42.6. The van der Waals surface area contributed by atoms with Crippen LogP contribution >= 0.6 is 0 Å². The van der Waals surface area contributed by atoms with Crippen molar-refractivity contribution in [2.24, 2.45) is 0 Å². The zero-order chi connectivity index (χ0) is 15.0. The fourth-order valence-corrected chi connectivity index (χ4v) is 3.20. The molecule has 0 radical (unpaired) electrons. The number of furan rings is 1. The first kappa shape index (κ1) is 14.4. The summed E-state index contributed by atoms with van der Waals surface area (Å²) in [6.07, 6.45) is 0.208. The van der Waals surface area contributed by atoms with Gasteiger partial charge in [-0.2, -0.15) is 13.2 Å². The lowest BCUT2D eigenvalue weighted by Gasteiger charge is -2.26. The number of nitrogens with one attached hydrogen (secondary N) is 1. The molecule has 3 rings (SSSR count). The molecule has 0 bridgehead atoms. The third kappa shape index (κ3) is 3.23. The monoisotopic (exact) mass is 302 g/mol. The summed E-state index contributed by atoms with van der Waals surface area (Å²) in [6.45, 7) is -1.05. The third-order valence-corrected chi connectivity index (χ3v) is 4.07. The highest BCUT2D eigenvalue weighted by Crippen LogP contribution is 2.32. The maximum atomic E-state index is 12.4. The van der Waals surface area contributed by atoms with Crippen LogP contribution in [-0.4, -0.2) is 36.1 Å². The van der Waals surface area contributed by atoms with Crippen molar-refractivity contribution >= 4 is 5.91 Å². The lowest BCUT2D eigenvalue weighted by atomic mass is 9.93. The molecule has 1 N–H and O–H groups in total. The minimum atomic E-state index is -4.34. The van der Waals surface area contributed by atoms with Crippen molar-refractivity contribution in [1.82, 2.24) is 10.2 Å². The molecule has 2 aliphatic rings. The summed E-state index contributed by atoms with van der Waals surface area (Å²) in [5, 5.41) is 3.32. The van der Waals surface area contributed by atoms with Gasteiger partial charge in [0.1, 0.15) is 12.3 Å². The molecule has 1 fully saturated rings. The maximum Gasteiger partial charge on any atom is 0.406 e. The van der Waals surface area contributed by atoms with E-state index < -0.39 is 18.6 Å². The number of carbonyl (C=O) groups is 1. The fraction of sp³-hybridized carbons (Fsp3) is 0.643. The molecular weight excluding hydrogens is 285 g/mol. The van der Waals surface area contributed by atoms with Gasteiger partial charge in [-0.15, -0.1) is 0 Å². The summed E-state index contributed by atoms with van der Waals surface area (Å²) >= 11 is 0. The molecule has 4 nitrogen and oxygen atoms in total. The van der Waals surface area contributed by atoms with Crippen molar-refractivity contribution in [2.75, 3.05) is 13.1 Å². The van der Waals surface area contributed by atoms with E-state index in [1.807, 2.05) is 6.07 Å². The van der Waals surface area contributed by atoms with Gasteiger partial charge in [-0.1, -0.05) is 0 Å². The minimum absolute atomic E-state index is 0.0659. The van der Waals surface area contributed by atoms with Crippen molar-refractivity contribution in [1.29, 1.82) is 0 Å². The molecule has 1 aliphatic heterocycles. The van der Waals surface area contributed by atoms with Gasteiger partial charge in [0, 0.05) is 37.0 Å². The van der Waals surface area contributed by atoms with Crippen LogP contribution in [0, 0.1) is 0 Å². The maximum absolute atomic E-state index is 12.4. The van der Waals surface area contributed by atoms with Gasteiger partial charge in [-0.05, 0) is 18.9 Å². The fourth-order valence-electron chi connectivity index (χ4n) is 3.20. The number of nitrogens with zero attached hydrogens (tertiary/aromatic N) is 1. The van der Waals surface area contributed by atoms with E-state index in [9.17, 15) is 18.0 Å². The van der Waals surface area contributed by atoms with Crippen LogP contribution in [-0.2, 0) is 11.2 Å². The first-order valence-corrected chi connectivity index (χ1v) is 7.09. The molecule has 1 saturated heterocycles. The number of fused-ring (bicyclic) bond motifs is 1. The molecule has 1 aromatic heterocycles. The second-order valence-corrected chi connectivity index (χ2v) is 5.70. The molecule has 116 valence electrons. The van der Waals surface area contributed by atoms with Crippen molar-refractivity contribution in [2.45, 2.75) is 43.9 Å². The summed E-state index contributed by atoms with van der Waals surface area (Å²) in [7, 11) is 0. The molecule has 21 heavy (non-hydrogen) atoms. The molecule has 2 heterocycles. The molecule has 2 unspecified atom stereocenters. The normalized spacial score (nSPS) is 26.2. The summed E-state index contributed by atoms with van der Waals surface area (Å²) in [4.78, 5) is 12.6. The number of hydrogen-bond acceptors (Lipinski definition) is 3. The Morgan fingerprint density at radius 3 is 3.00 bits per heavy atom. The Hall–Kier alpha value is -1.50. The predicted molar refractivity (Wildman–Crippen MR) is 68.6 cm³/mol. The van der Waals surface area contributed by atoms with Crippen LogP contribution in [0.4, 0.5) is 13.2 Å². The number of likely N-dealkylation sites (tertiary alicyclic amines) is 1. The number of rotatable bonds is 3. The van der Waals surface area contributed by atoms with Gasteiger partial charge in [-0.3, -0.25) is 4.79 Å². The Kier molecular flexibility index (Phi) is 3.69. The van der Waals surface area contributed by atoms with Gasteiger partial charge < -0.3 is 14.6 Å². The van der Waals surface area contributed by atoms with Crippen molar-refractivity contribution in [3.05, 3.63) is 23.7 Å². The molecule has 0 spiro atoms. The highest BCUT2D eigenvalue weighted by atomic mass is 19.4. The lowest BCUT2D eigenvalue weighted by Crippen LogP contribution is -2.39. The molecule has 1 aliphatic carbocycles. The molecule has 2 atom stereocenters. The van der Waals surface area contributed by atoms with Gasteiger partial charge in [0.05, 0.1) is 6.26 Å². The van der Waals surface area contributed by atoms with Crippen LogP contribution < -0.4 is 5.32 Å². The average molecular weight is 302 g/mol. The Bertz CT molecular complexity index is 527. The average Bonchev–Trinajstić information content (AvgIpc) is 2.96. The Morgan fingerprint density at radius 1 is 1.43 bits per heavy atom. The van der Waals surface area contributed by atoms with E-state index in [4.69, 9.17) is 4.42 Å². The minimum Gasteiger partial charge on any atom is -0.469 e. The number of alkyl halides is 3. The van der Waals surface area contributed by atoms with Gasteiger partial charge in [0.15, 0.2) is 0 Å². The molecule has 7 heteroatoms. The number of aryl methyl sites for hydroxylation is 1. The van der Waals surface area contributed by atoms with E-state index >= 15 is 0 Å². The first-order chi connectivity index (χ1) is 9.92. The topological polar surface area (TPSA) is 45.5 Å². The number of hydrogen-bond donors (Lipinski definition) is 1. The second kappa shape index (κ2) is 5.36. The molecule has 0 saturated carbocycles. The van der Waals surface area contributed by atoms with Gasteiger partial charge in [0.25, 0.3) is 0 Å². The van der Waals surface area contributed by atoms with E-state index in [0.717, 1.165) is 35.5 Å². The van der Waals surface area contributed by atoms with Crippen LogP contribution in [0.15, 0.2) is 16.7 Å². The second-order valence-electron chi connectivity index (χ2n) is 5.70. The zero-order valence-corrected chi connectivity index (χ0v) is 11.4. The summed E-state index contributed by atoms with van der Waals surface area (Å²) in [5.74, 6) is 0.503. The highest BCUT2D eigenvalue weighted by molar-refractivity contribution is 5.79. The SMILES string of the molecule is O=C1CC(NC2CCCc3occc32)CN1CC(F)(F)F. The van der Waals surface area contributed by atoms with E-state index in [1.54, 1.807) is 6.26 Å². The number of carbonyl (C=O) groups excluding carboxylic acids is 1. The summed E-state index contributed by atoms with van der Waals surface area (Å²) in [5.41, 5.74) is 1.07. The number of amides is 1. The smallest absolute Gasteiger partial charge is 0.406 e. The standard InChI is InChI=1S/C14H17F3N2O2/c15-14(16,17)8-19-7-9(6-13(19)20)18-11-2-1-3-12-10(11)4-5-21-12/h4-5,9,11,18H,1-3,6-8H2. The van der Waals surface area contributed by atoms with E-state index in [1.165, 1.54) is 0 Å². The van der Waals surface area contributed by atoms with Gasteiger partial charge in [0.2, 0.25) is 5.91 Å². The Balaban J connectivity index is 1.62. The molecular formula is C14H17F3N2O2. The molecule has 1 amide bonds. The molecule has 0 aromatic carbocycles. The van der Waals surface area contributed by atoms with Crippen LogP contribution in [0.1, 0.15) is 36.6 Å². The van der Waals surface area contributed by atoms with E-state index in [-0.39, 0.29) is 25.0 Å². The first-order valence-electron chi connectivity index (χ1n) is 7.09. The van der Waals surface area contributed by atoms with Crippen LogP contribution in [0.2, 0.25) is 0 Å². The Labute approximate surface area is 120 Å². The van der Waals surface area contributed by atoms with Crippen molar-refractivity contribution in [3.63, 3.8) is 0 Å². The van der Waals surface area contributed by atoms with Gasteiger partial charge in [-0.25, -0.2) is 0 Å². The quantitative estimate of drug-likeness (QED) is 0.932. The van der Waals surface area contributed by atoms with E-state index in [0.29, 0.717) is 0 Å². The largest absolute Gasteiger partial charge is 0.469 e. The van der Waals surface area contributed by atoms with Crippen LogP contribution in [0.3, 0.4) is 0 Å².